The summed E-state index contributed by atoms with van der Waals surface area (Å²) in [5.74, 6) is -0.120. The highest BCUT2D eigenvalue weighted by molar-refractivity contribution is 14.1. The van der Waals surface area contributed by atoms with E-state index in [9.17, 15) is 4.79 Å². The minimum atomic E-state index is -0.120. The molecule has 0 aliphatic carbocycles. The second kappa shape index (κ2) is 6.70. The lowest BCUT2D eigenvalue weighted by molar-refractivity contribution is -0.111. The van der Waals surface area contributed by atoms with Crippen molar-refractivity contribution in [2.75, 3.05) is 5.32 Å². The normalized spacial score (nSPS) is 10.8. The number of aryl methyl sites for hydroxylation is 2. The Balaban J connectivity index is 2.01. The molecule has 0 unspecified atom stereocenters. The number of amides is 1. The SMILES string of the molecule is Cc1ccc(/C=C/C(=O)Nc2ccc(C)c(I)c2)cc1. The van der Waals surface area contributed by atoms with Crippen LogP contribution in [0.4, 0.5) is 5.69 Å². The fourth-order valence-electron chi connectivity index (χ4n) is 1.70. The molecule has 0 aliphatic heterocycles. The van der Waals surface area contributed by atoms with E-state index >= 15 is 0 Å². The average Bonchev–Trinajstić information content (AvgIpc) is 2.42. The van der Waals surface area contributed by atoms with E-state index in [1.54, 1.807) is 6.08 Å². The van der Waals surface area contributed by atoms with Crippen molar-refractivity contribution >= 4 is 40.3 Å². The Kier molecular flexibility index (Phi) is 4.95. The van der Waals surface area contributed by atoms with Crippen LogP contribution in [-0.4, -0.2) is 5.91 Å². The van der Waals surface area contributed by atoms with E-state index in [2.05, 4.69) is 27.9 Å². The van der Waals surface area contributed by atoms with Crippen LogP contribution in [0.15, 0.2) is 48.5 Å². The van der Waals surface area contributed by atoms with Gasteiger partial charge in [0.1, 0.15) is 0 Å². The number of hydrogen-bond acceptors (Lipinski definition) is 1. The third-order valence-corrected chi connectivity index (χ3v) is 4.11. The van der Waals surface area contributed by atoms with Crippen LogP contribution in [0.25, 0.3) is 6.08 Å². The predicted molar refractivity (Wildman–Crippen MR) is 92.7 cm³/mol. The molecule has 0 spiro atoms. The fraction of sp³-hybridized carbons (Fsp3) is 0.118. The van der Waals surface area contributed by atoms with Crippen LogP contribution in [0.3, 0.4) is 0 Å². The summed E-state index contributed by atoms with van der Waals surface area (Å²) in [6.45, 7) is 4.09. The predicted octanol–water partition coefficient (Wildman–Crippen LogP) is 4.56. The molecule has 2 aromatic rings. The van der Waals surface area contributed by atoms with E-state index in [1.165, 1.54) is 11.1 Å². The minimum absolute atomic E-state index is 0.120. The number of carbonyl (C=O) groups excluding carboxylic acids is 1. The molecule has 0 radical (unpaired) electrons. The third kappa shape index (κ3) is 4.20. The summed E-state index contributed by atoms with van der Waals surface area (Å²) in [6, 6.07) is 13.9. The van der Waals surface area contributed by atoms with Gasteiger partial charge in [-0.2, -0.15) is 0 Å². The summed E-state index contributed by atoms with van der Waals surface area (Å²) >= 11 is 2.26. The van der Waals surface area contributed by atoms with Crippen LogP contribution in [0.2, 0.25) is 0 Å². The molecule has 2 rings (SSSR count). The quantitative estimate of drug-likeness (QED) is 0.617. The highest BCUT2D eigenvalue weighted by Crippen LogP contribution is 2.17. The Hall–Kier alpha value is -1.62. The first kappa shape index (κ1) is 14.8. The zero-order valence-electron chi connectivity index (χ0n) is 11.5. The first-order chi connectivity index (χ1) is 9.54. The molecular weight excluding hydrogens is 361 g/mol. The van der Waals surface area contributed by atoms with E-state index in [0.29, 0.717) is 0 Å². The Morgan fingerprint density at radius 1 is 1.10 bits per heavy atom. The van der Waals surface area contributed by atoms with Crippen LogP contribution >= 0.6 is 22.6 Å². The number of anilines is 1. The maximum atomic E-state index is 11.8. The Labute approximate surface area is 133 Å². The molecule has 102 valence electrons. The summed E-state index contributed by atoms with van der Waals surface area (Å²) in [5.41, 5.74) is 4.25. The maximum Gasteiger partial charge on any atom is 0.248 e. The van der Waals surface area contributed by atoms with Gasteiger partial charge in [-0.25, -0.2) is 0 Å². The second-order valence-corrected chi connectivity index (χ2v) is 5.86. The van der Waals surface area contributed by atoms with Gasteiger partial charge in [0, 0.05) is 15.3 Å². The first-order valence-corrected chi connectivity index (χ1v) is 7.44. The van der Waals surface area contributed by atoms with Crippen molar-refractivity contribution in [2.45, 2.75) is 13.8 Å². The van der Waals surface area contributed by atoms with Crippen LogP contribution < -0.4 is 5.32 Å². The molecule has 20 heavy (non-hydrogen) atoms. The summed E-state index contributed by atoms with van der Waals surface area (Å²) in [5, 5.41) is 2.86. The fourth-order valence-corrected chi connectivity index (χ4v) is 2.22. The van der Waals surface area contributed by atoms with Gasteiger partial charge in [-0.05, 0) is 65.8 Å². The number of rotatable bonds is 3. The van der Waals surface area contributed by atoms with Gasteiger partial charge in [0.15, 0.2) is 0 Å². The van der Waals surface area contributed by atoms with Gasteiger partial charge < -0.3 is 5.32 Å². The van der Waals surface area contributed by atoms with Crippen molar-refractivity contribution in [3.63, 3.8) is 0 Å². The van der Waals surface area contributed by atoms with Crippen LogP contribution in [-0.2, 0) is 4.79 Å². The lowest BCUT2D eigenvalue weighted by Gasteiger charge is -2.04. The summed E-state index contributed by atoms with van der Waals surface area (Å²) in [6.07, 6.45) is 3.37. The van der Waals surface area contributed by atoms with Crippen molar-refractivity contribution in [2.24, 2.45) is 0 Å². The van der Waals surface area contributed by atoms with E-state index in [-0.39, 0.29) is 5.91 Å². The van der Waals surface area contributed by atoms with Crippen molar-refractivity contribution in [3.05, 3.63) is 68.8 Å². The molecular formula is C17H16INO. The highest BCUT2D eigenvalue weighted by atomic mass is 127. The molecule has 1 N–H and O–H groups in total. The largest absolute Gasteiger partial charge is 0.322 e. The van der Waals surface area contributed by atoms with E-state index in [1.807, 2.05) is 62.4 Å². The van der Waals surface area contributed by atoms with Gasteiger partial charge in [0.05, 0.1) is 0 Å². The molecule has 0 fully saturated rings. The lowest BCUT2D eigenvalue weighted by atomic mass is 10.1. The number of hydrogen-bond donors (Lipinski definition) is 1. The zero-order chi connectivity index (χ0) is 14.5. The monoisotopic (exact) mass is 377 g/mol. The summed E-state index contributed by atoms with van der Waals surface area (Å²) < 4.78 is 1.14. The Morgan fingerprint density at radius 2 is 1.80 bits per heavy atom. The first-order valence-electron chi connectivity index (χ1n) is 6.36. The standard InChI is InChI=1S/C17H16INO/c1-12-3-6-14(7-4-12)8-10-17(20)19-15-9-5-13(2)16(18)11-15/h3-11H,1-2H3,(H,19,20)/b10-8+. The molecule has 3 heteroatoms. The Morgan fingerprint density at radius 3 is 2.45 bits per heavy atom. The lowest BCUT2D eigenvalue weighted by Crippen LogP contribution is -2.07. The van der Waals surface area contributed by atoms with Gasteiger partial charge in [-0.3, -0.25) is 4.79 Å². The van der Waals surface area contributed by atoms with Gasteiger partial charge in [-0.1, -0.05) is 35.9 Å². The van der Waals surface area contributed by atoms with Gasteiger partial charge in [0.2, 0.25) is 5.91 Å². The van der Waals surface area contributed by atoms with Gasteiger partial charge in [-0.15, -0.1) is 0 Å². The third-order valence-electron chi connectivity index (χ3n) is 2.94. The van der Waals surface area contributed by atoms with E-state index < -0.39 is 0 Å². The van der Waals surface area contributed by atoms with Crippen LogP contribution in [0.1, 0.15) is 16.7 Å². The number of halogens is 1. The molecule has 1 amide bonds. The average molecular weight is 377 g/mol. The molecule has 0 heterocycles. The number of carbonyl (C=O) groups is 1. The summed E-state index contributed by atoms with van der Waals surface area (Å²) in [4.78, 5) is 11.8. The van der Waals surface area contributed by atoms with Gasteiger partial charge >= 0.3 is 0 Å². The summed E-state index contributed by atoms with van der Waals surface area (Å²) in [7, 11) is 0. The molecule has 0 saturated heterocycles. The number of nitrogens with one attached hydrogen (secondary N) is 1. The minimum Gasteiger partial charge on any atom is -0.322 e. The highest BCUT2D eigenvalue weighted by Gasteiger charge is 2.00. The molecule has 0 atom stereocenters. The van der Waals surface area contributed by atoms with E-state index in [4.69, 9.17) is 0 Å². The van der Waals surface area contributed by atoms with Crippen molar-refractivity contribution in [1.82, 2.24) is 0 Å². The second-order valence-electron chi connectivity index (χ2n) is 4.70. The Bertz CT molecular complexity index is 645. The molecule has 2 nitrogen and oxygen atoms in total. The van der Waals surface area contributed by atoms with Crippen molar-refractivity contribution in [3.8, 4) is 0 Å². The smallest absolute Gasteiger partial charge is 0.248 e. The van der Waals surface area contributed by atoms with Crippen LogP contribution in [0, 0.1) is 17.4 Å². The number of benzene rings is 2. The van der Waals surface area contributed by atoms with Crippen LogP contribution in [0.5, 0.6) is 0 Å². The maximum absolute atomic E-state index is 11.8. The molecule has 0 aliphatic rings. The zero-order valence-corrected chi connectivity index (χ0v) is 13.6. The molecule has 0 bridgehead atoms. The van der Waals surface area contributed by atoms with Crippen molar-refractivity contribution < 1.29 is 4.79 Å². The van der Waals surface area contributed by atoms with Gasteiger partial charge in [0.25, 0.3) is 0 Å². The molecule has 0 aromatic heterocycles. The topological polar surface area (TPSA) is 29.1 Å². The molecule has 2 aromatic carbocycles. The molecule has 0 saturated carbocycles. The van der Waals surface area contributed by atoms with Crippen molar-refractivity contribution in [1.29, 1.82) is 0 Å². The van der Waals surface area contributed by atoms with E-state index in [0.717, 1.165) is 14.8 Å².